The van der Waals surface area contributed by atoms with Gasteiger partial charge in [0.05, 0.1) is 51.9 Å². The van der Waals surface area contributed by atoms with E-state index in [0.717, 1.165) is 18.5 Å². The van der Waals surface area contributed by atoms with Gasteiger partial charge in [-0.2, -0.15) is 68.2 Å². The number of phosphoric ester groups is 2. The molecule has 62 heteroatoms. The maximum absolute atomic E-state index is 14.9. The number of fused-ring (bicyclic) bond motifs is 7. The molecule has 51 nitrogen and oxygen atoms in total. The number of aryl methyl sites for hydroxylation is 1. The highest BCUT2D eigenvalue weighted by molar-refractivity contribution is 7.87. The van der Waals surface area contributed by atoms with Gasteiger partial charge in [0.25, 0.3) is 56.1 Å². The minimum Gasteiger partial charge on any atom is -0.390 e. The number of rotatable bonds is 36. The molecule has 13 N–H and O–H groups in total. The van der Waals surface area contributed by atoms with Gasteiger partial charge in [-0.05, 0) is 163 Å². The highest BCUT2D eigenvalue weighted by atomic mass is 32.2. The van der Waals surface area contributed by atoms with Crippen molar-refractivity contribution in [2.24, 2.45) is 0 Å². The van der Waals surface area contributed by atoms with Gasteiger partial charge in [0.15, 0.2) is 16.9 Å². The molecule has 5 fully saturated rings. The van der Waals surface area contributed by atoms with E-state index < -0.39 is 213 Å². The predicted molar refractivity (Wildman–Crippen MR) is 461 cm³/mol. The third kappa shape index (κ3) is 23.6. The number of aliphatic hydroxyl groups is 1. The number of benzene rings is 4. The van der Waals surface area contributed by atoms with Gasteiger partial charge in [-0.25, -0.2) is 37.4 Å². The molecule has 5 saturated heterocycles. The fourth-order valence-corrected chi connectivity index (χ4v) is 29.0. The van der Waals surface area contributed by atoms with Crippen molar-refractivity contribution in [1.82, 2.24) is 39.1 Å². The first kappa shape index (κ1) is 103. The largest absolute Gasteiger partial charge is 0.490 e. The SMILES string of the molecule is Cc1nc2c(ncn2[C@H]2CC(O)[C@@H](COP(=O)(O)OP(=O)(O)OP(=O)(O)OP(=O)(O)OP(=O)(O)OP(=O)(O)OC3CCN(C(=O)[C@@H]4CCCN4C(=O)[C@@H]4CCCN4C(=O)[C@@H]4CCCN4C(=O)CCC[N+]4=C(C=CC=C5N(CCCS(=O)(=O)O)c6ccc7ccc(S(=O)(=O)O)cc7c6C5(C)CCCS(=O)(=O)O)C(C)(C)c5c4ccc4c(S(=O)(=O)O)cc(S(=O)(=O)O)cc54)CC3)O2)c(=O)[nH]1. The number of amides is 4. The van der Waals surface area contributed by atoms with Gasteiger partial charge in [-0.3, -0.25) is 60.4 Å². The molecule has 0 saturated carbocycles. The molecule has 133 heavy (non-hydrogen) atoms. The average molecular weight is 2090 g/mol. The Morgan fingerprint density at radius 3 is 1.74 bits per heavy atom. The fourth-order valence-electron chi connectivity index (χ4n) is 18.2. The van der Waals surface area contributed by atoms with E-state index in [9.17, 15) is 151 Å². The molecule has 6 aromatic rings. The maximum atomic E-state index is 14.9. The van der Waals surface area contributed by atoms with Crippen molar-refractivity contribution < 1.29 is 186 Å². The van der Waals surface area contributed by atoms with Crippen molar-refractivity contribution in [3.8, 4) is 0 Å². The summed E-state index contributed by atoms with van der Waals surface area (Å²) in [7, 11) is -62.7. The number of allylic oxidation sites excluding steroid dienone is 4. The normalized spacial score (nSPS) is 24.8. The number of imidazole rings is 1. The highest BCUT2D eigenvalue weighted by Gasteiger charge is 2.54. The number of aromatic nitrogens is 4. The molecule has 2 aromatic heterocycles. The zero-order valence-corrected chi connectivity index (χ0v) is 79.9. The summed E-state index contributed by atoms with van der Waals surface area (Å²) in [6.07, 6.45) is 0.129. The minimum absolute atomic E-state index is 0.00901. The molecule has 732 valence electrons. The molecule has 0 radical (unpaired) electrons. The van der Waals surface area contributed by atoms with E-state index in [-0.39, 0.29) is 155 Å². The Hall–Kier alpha value is -7.09. The minimum atomic E-state index is -6.67. The molecular formula is C71H93N10O41P6S5+. The average Bonchev–Trinajstić information content (AvgIpc) is 1.56. The molecule has 13 atom stereocenters. The Bertz CT molecular complexity index is 6830. The maximum Gasteiger partial charge on any atom is 0.490 e. The van der Waals surface area contributed by atoms with Crippen LogP contribution in [0.5, 0.6) is 0 Å². The van der Waals surface area contributed by atoms with Gasteiger partial charge >= 0.3 is 46.9 Å². The molecule has 8 unspecified atom stereocenters. The van der Waals surface area contributed by atoms with E-state index in [1.54, 1.807) is 60.6 Å². The van der Waals surface area contributed by atoms with Crippen LogP contribution in [0.25, 0.3) is 32.7 Å². The van der Waals surface area contributed by atoms with Crippen LogP contribution in [0.1, 0.15) is 134 Å². The van der Waals surface area contributed by atoms with Crippen LogP contribution in [0.15, 0.2) is 104 Å². The first-order valence-corrected chi connectivity index (χ1v) is 57.1. The first-order valence-electron chi connectivity index (χ1n) is 40.6. The van der Waals surface area contributed by atoms with Crippen LogP contribution < -0.4 is 10.5 Å². The predicted octanol–water partition coefficient (Wildman–Crippen LogP) is 5.83. The van der Waals surface area contributed by atoms with Crippen molar-refractivity contribution in [3.05, 3.63) is 112 Å². The van der Waals surface area contributed by atoms with Crippen molar-refractivity contribution in [2.75, 3.05) is 68.8 Å². The fraction of sp³-hybridized carbons (Fsp3) is 0.521. The summed E-state index contributed by atoms with van der Waals surface area (Å²) >= 11 is 0. The van der Waals surface area contributed by atoms with Gasteiger partial charge in [0.1, 0.15) is 47.7 Å². The number of carbonyl (C=O) groups excluding carboxylic acids is 4. The van der Waals surface area contributed by atoms with Crippen LogP contribution in [0.4, 0.5) is 11.4 Å². The molecule has 7 aliphatic rings. The lowest BCUT2D eigenvalue weighted by atomic mass is 9.75. The lowest BCUT2D eigenvalue weighted by Crippen LogP contribution is -2.56. The summed E-state index contributed by atoms with van der Waals surface area (Å²) in [5.74, 6) is -3.55. The van der Waals surface area contributed by atoms with Crippen molar-refractivity contribution in [2.45, 2.75) is 186 Å². The number of aliphatic hydroxyl groups excluding tert-OH is 1. The van der Waals surface area contributed by atoms with Crippen LogP contribution in [-0.4, -0.2) is 273 Å². The van der Waals surface area contributed by atoms with E-state index in [2.05, 4.69) is 41.0 Å². The molecule has 0 bridgehead atoms. The summed E-state index contributed by atoms with van der Waals surface area (Å²) in [6, 6.07) is 8.18. The van der Waals surface area contributed by atoms with Crippen LogP contribution in [-0.2, 0) is 143 Å². The van der Waals surface area contributed by atoms with E-state index in [0.29, 0.717) is 59.1 Å². The Morgan fingerprint density at radius 2 is 1.16 bits per heavy atom. The van der Waals surface area contributed by atoms with Gasteiger partial charge in [0, 0.05) is 98.4 Å². The van der Waals surface area contributed by atoms with Crippen LogP contribution in [0.2, 0.25) is 0 Å². The number of H-pyrrole nitrogens is 1. The third-order valence-electron chi connectivity index (χ3n) is 23.6. The van der Waals surface area contributed by atoms with E-state index in [4.69, 9.17) is 9.26 Å². The monoisotopic (exact) mass is 2090 g/mol. The lowest BCUT2D eigenvalue weighted by Gasteiger charge is -2.37. The molecule has 4 aromatic carbocycles. The topological polar surface area (TPSA) is 741 Å². The van der Waals surface area contributed by atoms with Gasteiger partial charge in [0.2, 0.25) is 29.3 Å². The molecule has 0 spiro atoms. The van der Waals surface area contributed by atoms with E-state index in [1.807, 2.05) is 0 Å². The second-order valence-corrected chi connectivity index (χ2v) is 49.8. The first-order chi connectivity index (χ1) is 61.5. The number of nitrogens with one attached hydrogen (secondary N) is 1. The highest BCUT2D eigenvalue weighted by Crippen LogP contribution is 2.76. The number of piperidine rings is 1. The zero-order valence-electron chi connectivity index (χ0n) is 70.5. The van der Waals surface area contributed by atoms with E-state index >= 15 is 0 Å². The van der Waals surface area contributed by atoms with Crippen LogP contribution in [0, 0.1) is 6.92 Å². The number of phosphoric acid groups is 6. The molecule has 7 aliphatic heterocycles. The third-order valence-corrected chi connectivity index (χ3v) is 37.1. The molecule has 0 aliphatic carbocycles. The Labute approximate surface area is 758 Å². The summed E-state index contributed by atoms with van der Waals surface area (Å²) in [6.45, 7) is 4.89. The van der Waals surface area contributed by atoms with E-state index in [1.165, 1.54) is 55.4 Å². The molecule has 4 amide bonds. The summed E-state index contributed by atoms with van der Waals surface area (Å²) in [5, 5.41) is 11.1. The number of carbonyl (C=O) groups is 4. The van der Waals surface area contributed by atoms with Gasteiger partial charge < -0.3 is 68.7 Å². The van der Waals surface area contributed by atoms with Gasteiger partial charge in [-0.15, -0.1) is 0 Å². The summed E-state index contributed by atoms with van der Waals surface area (Å²) < 4.78 is 292. The van der Waals surface area contributed by atoms with Crippen LogP contribution in [0.3, 0.4) is 0 Å². The van der Waals surface area contributed by atoms with Crippen LogP contribution >= 0.6 is 46.9 Å². The zero-order chi connectivity index (χ0) is 97.6. The summed E-state index contributed by atoms with van der Waals surface area (Å²) in [5.41, 5.74) is -1.41. The Morgan fingerprint density at radius 1 is 0.617 bits per heavy atom. The number of ether oxygens (including phenoxy) is 1. The number of hydrogen-bond acceptors (Lipinski definition) is 33. The number of likely N-dealkylation sites (tertiary alicyclic amines) is 4. The molecular weight excluding hydrogens is 1990 g/mol. The Balaban J connectivity index is 0.648. The lowest BCUT2D eigenvalue weighted by molar-refractivity contribution is -0.438. The quantitative estimate of drug-likeness (QED) is 0.0125. The second kappa shape index (κ2) is 38.3. The second-order valence-electron chi connectivity index (χ2n) is 33.1. The van der Waals surface area contributed by atoms with Crippen molar-refractivity contribution in [1.29, 1.82) is 0 Å². The molecule has 13 rings (SSSR count). The molecule has 9 heterocycles. The van der Waals surface area contributed by atoms with Crippen molar-refractivity contribution >= 4 is 171 Å². The number of anilines is 1. The number of nitrogens with zero attached hydrogens (tertiary/aromatic N) is 9. The smallest absolute Gasteiger partial charge is 0.390 e. The Kier molecular flexibility index (Phi) is 29.7. The standard InChI is InChI=1S/C71H92N10O41P6S5/c1-42-73-65-64(66(84)74-42)72-41-81(65)61-39-55(82)56(116-61)40-115-123(88,89)118-125(92,93)120-127(96,97)122-128(98,99)121-126(94,95)119-124(90,91)117-44-24-32-75(33-25-44)67(85)52-12-7-29-79(52)69(87)54-14-8-30-80(54)68(86)53-13-6-28-78(53)60(83)17-9-27-76-50-23-21-47-49(37-46(132(109,110)111)38-57(47)133(112,113)114)62(50)70(2,3)58(76)15-5-16-59-71(4,26-10-34-129(100,101)102)63-48-36-45(131(106,107)108)20-18-43(48)19-22-51(63)77(59)31-11-35-130(103,104)105/h5,15-16,18-23,36-38,41,44,52-56,61,82H,6-14,17,24-35,39-40H2,1-4H3,(H11-,73,74,84,88,89,90,91,92,93,94,95,96,97,98,99,100,101,102,103,104,105,106,107,108,109,110,111,112,113,114)/p+1/t52-,53-,54-,55?,56+,61+,71?/m0/s1. The summed E-state index contributed by atoms with van der Waals surface area (Å²) in [4.78, 5) is 148. The number of aromatic amines is 1. The number of hydrogen-bond donors (Lipinski definition) is 13. The van der Waals surface area contributed by atoms with Gasteiger partial charge in [-0.1, -0.05) is 18.2 Å². The van der Waals surface area contributed by atoms with Crippen molar-refractivity contribution in [3.63, 3.8) is 0 Å².